The maximum atomic E-state index is 12.4. The second-order valence-electron chi connectivity index (χ2n) is 7.55. The number of carbonyl (C=O) groups is 2. The van der Waals surface area contributed by atoms with E-state index in [0.717, 1.165) is 17.3 Å². The standard InChI is InChI=1S/C24H25N3O3S/c1-15(2)16-4-6-17(7-5-16)20-12-22(28)27-24(21(20)13-25)31-14-23(29)26-18-8-10-19(30-3)11-9-18/h4-11,15,20H,12,14H2,1-3H3,(H,26,29)(H,27,28). The number of allylic oxidation sites excluding steroid dienone is 1. The van der Waals surface area contributed by atoms with Gasteiger partial charge in [0.2, 0.25) is 11.8 Å². The van der Waals surface area contributed by atoms with Crippen LogP contribution in [0.15, 0.2) is 59.1 Å². The Morgan fingerprint density at radius 2 is 1.90 bits per heavy atom. The number of nitrogens with zero attached hydrogens (tertiary/aromatic N) is 1. The molecule has 160 valence electrons. The number of nitriles is 1. The molecule has 1 aliphatic heterocycles. The van der Waals surface area contributed by atoms with Crippen LogP contribution < -0.4 is 15.4 Å². The molecule has 2 aromatic carbocycles. The van der Waals surface area contributed by atoms with Crippen LogP contribution in [0.25, 0.3) is 0 Å². The van der Waals surface area contributed by atoms with E-state index in [1.807, 2.05) is 24.3 Å². The molecule has 1 atom stereocenters. The van der Waals surface area contributed by atoms with Crippen LogP contribution in [0.2, 0.25) is 0 Å². The molecule has 2 aromatic rings. The van der Waals surface area contributed by atoms with Gasteiger partial charge in [-0.15, -0.1) is 0 Å². The van der Waals surface area contributed by atoms with E-state index in [9.17, 15) is 14.9 Å². The van der Waals surface area contributed by atoms with Crippen LogP contribution in [0.4, 0.5) is 5.69 Å². The van der Waals surface area contributed by atoms with Gasteiger partial charge in [-0.2, -0.15) is 5.26 Å². The number of hydrogen-bond donors (Lipinski definition) is 2. The molecule has 0 saturated heterocycles. The average Bonchev–Trinajstić information content (AvgIpc) is 2.78. The number of ether oxygens (including phenoxy) is 1. The Bertz CT molecular complexity index is 1020. The van der Waals surface area contributed by atoms with Crippen molar-refractivity contribution < 1.29 is 14.3 Å². The molecule has 0 aromatic heterocycles. The van der Waals surface area contributed by atoms with Crippen LogP contribution >= 0.6 is 11.8 Å². The lowest BCUT2D eigenvalue weighted by molar-refractivity contribution is -0.121. The van der Waals surface area contributed by atoms with Gasteiger partial charge in [0.1, 0.15) is 5.75 Å². The molecule has 0 saturated carbocycles. The highest BCUT2D eigenvalue weighted by Gasteiger charge is 2.29. The number of carbonyl (C=O) groups excluding carboxylic acids is 2. The SMILES string of the molecule is COc1ccc(NC(=O)CSC2=C(C#N)C(c3ccc(C(C)C)cc3)CC(=O)N2)cc1. The number of amides is 2. The number of benzene rings is 2. The zero-order valence-corrected chi connectivity index (χ0v) is 18.6. The fourth-order valence-electron chi connectivity index (χ4n) is 3.34. The first-order chi connectivity index (χ1) is 14.9. The van der Waals surface area contributed by atoms with Crippen molar-refractivity contribution in [2.24, 2.45) is 0 Å². The fourth-order valence-corrected chi connectivity index (χ4v) is 4.22. The third-order valence-electron chi connectivity index (χ3n) is 5.08. The van der Waals surface area contributed by atoms with E-state index in [1.165, 1.54) is 5.56 Å². The summed E-state index contributed by atoms with van der Waals surface area (Å²) in [5.74, 6) is 0.490. The molecule has 31 heavy (non-hydrogen) atoms. The molecule has 0 fully saturated rings. The molecule has 7 heteroatoms. The zero-order valence-electron chi connectivity index (χ0n) is 17.8. The molecule has 1 aliphatic rings. The summed E-state index contributed by atoms with van der Waals surface area (Å²) in [4.78, 5) is 24.7. The topological polar surface area (TPSA) is 91.2 Å². The Kier molecular flexibility index (Phi) is 7.37. The number of nitrogens with one attached hydrogen (secondary N) is 2. The zero-order chi connectivity index (χ0) is 22.4. The number of thioether (sulfide) groups is 1. The van der Waals surface area contributed by atoms with Crippen molar-refractivity contribution >= 4 is 29.3 Å². The molecule has 6 nitrogen and oxygen atoms in total. The number of rotatable bonds is 7. The van der Waals surface area contributed by atoms with Crippen molar-refractivity contribution in [1.29, 1.82) is 5.26 Å². The fraction of sp³-hybridized carbons (Fsp3) is 0.292. The van der Waals surface area contributed by atoms with E-state index in [0.29, 0.717) is 28.0 Å². The van der Waals surface area contributed by atoms with Gasteiger partial charge in [-0.1, -0.05) is 49.9 Å². The maximum Gasteiger partial charge on any atom is 0.234 e. The van der Waals surface area contributed by atoms with Crippen LogP contribution in [0.5, 0.6) is 5.75 Å². The normalized spacial score (nSPS) is 16.0. The van der Waals surface area contributed by atoms with Gasteiger partial charge in [0.25, 0.3) is 0 Å². The van der Waals surface area contributed by atoms with Gasteiger partial charge in [-0.3, -0.25) is 9.59 Å². The molecule has 2 amide bonds. The van der Waals surface area contributed by atoms with Crippen molar-refractivity contribution in [1.82, 2.24) is 5.32 Å². The Balaban J connectivity index is 1.72. The lowest BCUT2D eigenvalue weighted by Gasteiger charge is -2.25. The Morgan fingerprint density at radius 3 is 2.48 bits per heavy atom. The van der Waals surface area contributed by atoms with Crippen molar-refractivity contribution in [3.8, 4) is 11.8 Å². The lowest BCUT2D eigenvalue weighted by atomic mass is 9.86. The molecule has 2 N–H and O–H groups in total. The summed E-state index contributed by atoms with van der Waals surface area (Å²) in [6.07, 6.45) is 0.214. The van der Waals surface area contributed by atoms with Gasteiger partial charge in [0, 0.05) is 18.0 Å². The minimum Gasteiger partial charge on any atom is -0.497 e. The van der Waals surface area contributed by atoms with Gasteiger partial charge in [-0.05, 0) is 41.3 Å². The third-order valence-corrected chi connectivity index (χ3v) is 6.10. The molecule has 3 rings (SSSR count). The van der Waals surface area contributed by atoms with Crippen molar-refractivity contribution in [2.45, 2.75) is 32.1 Å². The summed E-state index contributed by atoms with van der Waals surface area (Å²) in [7, 11) is 1.58. The van der Waals surface area contributed by atoms with Crippen molar-refractivity contribution in [3.63, 3.8) is 0 Å². The first kappa shape index (κ1) is 22.4. The van der Waals surface area contributed by atoms with Crippen LogP contribution in [0.3, 0.4) is 0 Å². The van der Waals surface area contributed by atoms with Crippen LogP contribution in [-0.4, -0.2) is 24.7 Å². The van der Waals surface area contributed by atoms with E-state index >= 15 is 0 Å². The third kappa shape index (κ3) is 5.68. The van der Waals surface area contributed by atoms with Gasteiger partial charge < -0.3 is 15.4 Å². The Labute approximate surface area is 186 Å². The molecule has 0 bridgehead atoms. The average molecular weight is 436 g/mol. The van der Waals surface area contributed by atoms with Crippen molar-refractivity contribution in [3.05, 3.63) is 70.3 Å². The molecule has 0 aliphatic carbocycles. The number of hydrogen-bond acceptors (Lipinski definition) is 5. The second-order valence-corrected chi connectivity index (χ2v) is 8.53. The maximum absolute atomic E-state index is 12.4. The molecular weight excluding hydrogens is 410 g/mol. The van der Waals surface area contributed by atoms with Gasteiger partial charge >= 0.3 is 0 Å². The predicted octanol–water partition coefficient (Wildman–Crippen LogP) is 4.53. The summed E-state index contributed by atoms with van der Waals surface area (Å²) < 4.78 is 5.11. The van der Waals surface area contributed by atoms with E-state index < -0.39 is 0 Å². The van der Waals surface area contributed by atoms with E-state index in [-0.39, 0.29) is 29.9 Å². The summed E-state index contributed by atoms with van der Waals surface area (Å²) in [5, 5.41) is 15.8. The lowest BCUT2D eigenvalue weighted by Crippen LogP contribution is -2.31. The minimum atomic E-state index is -0.313. The highest BCUT2D eigenvalue weighted by atomic mass is 32.2. The Morgan fingerprint density at radius 1 is 1.23 bits per heavy atom. The van der Waals surface area contributed by atoms with Crippen LogP contribution in [0, 0.1) is 11.3 Å². The summed E-state index contributed by atoms with van der Waals surface area (Å²) in [5.41, 5.74) is 3.27. The summed E-state index contributed by atoms with van der Waals surface area (Å²) in [6, 6.07) is 17.3. The molecule has 1 heterocycles. The molecule has 0 spiro atoms. The highest BCUT2D eigenvalue weighted by Crippen LogP contribution is 2.36. The summed E-state index contributed by atoms with van der Waals surface area (Å²) >= 11 is 1.16. The quantitative estimate of drug-likeness (QED) is 0.667. The van der Waals surface area contributed by atoms with Gasteiger partial charge in [0.15, 0.2) is 0 Å². The largest absolute Gasteiger partial charge is 0.497 e. The smallest absolute Gasteiger partial charge is 0.234 e. The predicted molar refractivity (Wildman–Crippen MR) is 123 cm³/mol. The molecular formula is C24H25N3O3S. The van der Waals surface area contributed by atoms with Crippen molar-refractivity contribution in [2.75, 3.05) is 18.2 Å². The second kappa shape index (κ2) is 10.2. The van der Waals surface area contributed by atoms with Gasteiger partial charge in [-0.25, -0.2) is 0 Å². The number of methoxy groups -OCH3 is 1. The highest BCUT2D eigenvalue weighted by molar-refractivity contribution is 8.03. The van der Waals surface area contributed by atoms with E-state index in [1.54, 1.807) is 31.4 Å². The first-order valence-electron chi connectivity index (χ1n) is 10.0. The monoisotopic (exact) mass is 435 g/mol. The first-order valence-corrected chi connectivity index (χ1v) is 11.0. The number of anilines is 1. The molecule has 1 unspecified atom stereocenters. The summed E-state index contributed by atoms with van der Waals surface area (Å²) in [6.45, 7) is 4.24. The minimum absolute atomic E-state index is 0.0752. The van der Waals surface area contributed by atoms with E-state index in [2.05, 4.69) is 30.6 Å². The molecule has 0 radical (unpaired) electrons. The van der Waals surface area contributed by atoms with E-state index in [4.69, 9.17) is 4.74 Å². The van der Waals surface area contributed by atoms with Gasteiger partial charge in [0.05, 0.1) is 29.5 Å². The van der Waals surface area contributed by atoms with Crippen LogP contribution in [0.1, 0.15) is 43.2 Å². The Hall–Kier alpha value is -3.24. The van der Waals surface area contributed by atoms with Crippen LogP contribution in [-0.2, 0) is 9.59 Å².